The third-order valence-corrected chi connectivity index (χ3v) is 3.73. The topological polar surface area (TPSA) is 73.9 Å². The summed E-state index contributed by atoms with van der Waals surface area (Å²) < 4.78 is 15.6. The Kier molecular flexibility index (Phi) is 7.35. The Balaban J connectivity index is 2.78. The average Bonchev–Trinajstić information content (AvgIpc) is 2.53. The lowest BCUT2D eigenvalue weighted by Gasteiger charge is -2.24. The van der Waals surface area contributed by atoms with Gasteiger partial charge in [0, 0.05) is 5.54 Å². The van der Waals surface area contributed by atoms with Crippen LogP contribution in [0, 0.1) is 0 Å². The Morgan fingerprint density at radius 3 is 2.46 bits per heavy atom. The Labute approximate surface area is 147 Å². The molecule has 0 saturated carbocycles. The van der Waals surface area contributed by atoms with Crippen LogP contribution < -0.4 is 14.8 Å². The summed E-state index contributed by atoms with van der Waals surface area (Å²) in [6, 6.07) is 2.89. The van der Waals surface area contributed by atoms with Crippen molar-refractivity contribution in [2.24, 2.45) is 0 Å². The van der Waals surface area contributed by atoms with E-state index in [1.54, 1.807) is 0 Å². The normalized spacial score (nSPS) is 10.9. The van der Waals surface area contributed by atoms with E-state index in [0.29, 0.717) is 18.1 Å². The van der Waals surface area contributed by atoms with Crippen molar-refractivity contribution in [1.82, 2.24) is 5.32 Å². The maximum Gasteiger partial charge on any atom is 0.338 e. The number of esters is 1. The number of hydrogen-bond donors (Lipinski definition) is 1. The van der Waals surface area contributed by atoms with Gasteiger partial charge in [-0.3, -0.25) is 4.79 Å². The van der Waals surface area contributed by atoms with Crippen LogP contribution in [0.1, 0.15) is 44.5 Å². The predicted octanol–water partition coefficient (Wildman–Crippen LogP) is 3.21. The molecule has 1 rings (SSSR count). The Hall–Kier alpha value is -1.95. The smallest absolute Gasteiger partial charge is 0.338 e. The molecule has 0 aromatic heterocycles. The monoisotopic (exact) mass is 357 g/mol. The first-order valence-electron chi connectivity index (χ1n) is 7.72. The highest BCUT2D eigenvalue weighted by Gasteiger charge is 2.20. The molecule has 0 aliphatic heterocycles. The molecule has 24 heavy (non-hydrogen) atoms. The maximum atomic E-state index is 12.1. The number of rotatable bonds is 8. The van der Waals surface area contributed by atoms with Gasteiger partial charge in [0.2, 0.25) is 0 Å². The largest absolute Gasteiger partial charge is 0.493 e. The molecule has 0 saturated heterocycles. The molecule has 1 N–H and O–H groups in total. The fraction of sp³-hybridized carbons (Fsp3) is 0.529. The summed E-state index contributed by atoms with van der Waals surface area (Å²) in [5.74, 6) is -0.338. The molecule has 0 aliphatic rings. The Bertz CT molecular complexity index is 601. The molecule has 6 nitrogen and oxygen atoms in total. The van der Waals surface area contributed by atoms with Crippen molar-refractivity contribution < 1.29 is 23.8 Å². The minimum absolute atomic E-state index is 0.183. The Morgan fingerprint density at radius 2 is 1.92 bits per heavy atom. The van der Waals surface area contributed by atoms with E-state index < -0.39 is 5.97 Å². The first-order valence-corrected chi connectivity index (χ1v) is 8.10. The van der Waals surface area contributed by atoms with Crippen molar-refractivity contribution in [2.75, 3.05) is 20.3 Å². The molecule has 0 spiro atoms. The highest BCUT2D eigenvalue weighted by molar-refractivity contribution is 6.32. The van der Waals surface area contributed by atoms with E-state index >= 15 is 0 Å². The van der Waals surface area contributed by atoms with Crippen molar-refractivity contribution in [2.45, 2.75) is 39.7 Å². The zero-order chi connectivity index (χ0) is 18.3. The third-order valence-electron chi connectivity index (χ3n) is 3.45. The Morgan fingerprint density at radius 1 is 1.25 bits per heavy atom. The van der Waals surface area contributed by atoms with Crippen molar-refractivity contribution in [3.63, 3.8) is 0 Å². The van der Waals surface area contributed by atoms with Crippen molar-refractivity contribution in [1.29, 1.82) is 0 Å². The van der Waals surface area contributed by atoms with E-state index in [1.807, 2.05) is 27.7 Å². The van der Waals surface area contributed by atoms with Crippen LogP contribution in [-0.2, 0) is 9.53 Å². The van der Waals surface area contributed by atoms with Gasteiger partial charge in [-0.05, 0) is 39.3 Å². The molecule has 1 aromatic rings. The number of nitrogens with one attached hydrogen (secondary N) is 1. The first-order chi connectivity index (χ1) is 11.2. The molecule has 1 amide bonds. The van der Waals surface area contributed by atoms with Crippen LogP contribution in [0.4, 0.5) is 0 Å². The number of methoxy groups -OCH3 is 1. The molecule has 0 radical (unpaired) electrons. The first kappa shape index (κ1) is 20.1. The van der Waals surface area contributed by atoms with Gasteiger partial charge in [-0.25, -0.2) is 4.79 Å². The zero-order valence-electron chi connectivity index (χ0n) is 14.7. The second-order valence-corrected chi connectivity index (χ2v) is 6.19. The number of halogens is 1. The van der Waals surface area contributed by atoms with Gasteiger partial charge in [0.1, 0.15) is 0 Å². The molecule has 0 aliphatic carbocycles. The number of carbonyl (C=O) groups is 2. The molecular formula is C17H24ClNO5. The minimum Gasteiger partial charge on any atom is -0.493 e. The molecule has 0 atom stereocenters. The van der Waals surface area contributed by atoms with Gasteiger partial charge < -0.3 is 19.5 Å². The molecule has 0 fully saturated rings. The average molecular weight is 358 g/mol. The van der Waals surface area contributed by atoms with Gasteiger partial charge in [-0.1, -0.05) is 18.5 Å². The number of hydrogen-bond acceptors (Lipinski definition) is 5. The van der Waals surface area contributed by atoms with Gasteiger partial charge in [0.25, 0.3) is 5.91 Å². The SMILES string of the molecule is CCOc1c(Cl)cc(C(=O)OCC(=O)NC(C)(C)CC)cc1OC. The van der Waals surface area contributed by atoms with Gasteiger partial charge in [-0.2, -0.15) is 0 Å². The van der Waals surface area contributed by atoms with Crippen LogP contribution in [0.25, 0.3) is 0 Å². The summed E-state index contributed by atoms with van der Waals surface area (Å²) in [6.45, 7) is 7.60. The van der Waals surface area contributed by atoms with Crippen LogP contribution in [0.15, 0.2) is 12.1 Å². The third kappa shape index (κ3) is 5.60. The van der Waals surface area contributed by atoms with E-state index in [1.165, 1.54) is 19.2 Å². The molecule has 0 bridgehead atoms. The summed E-state index contributed by atoms with van der Waals surface area (Å²) in [7, 11) is 1.45. The fourth-order valence-corrected chi connectivity index (χ4v) is 2.10. The molecule has 0 heterocycles. The van der Waals surface area contributed by atoms with E-state index in [0.717, 1.165) is 6.42 Å². The van der Waals surface area contributed by atoms with E-state index in [-0.39, 0.29) is 28.6 Å². The molecule has 1 aromatic carbocycles. The molecule has 7 heteroatoms. The van der Waals surface area contributed by atoms with E-state index in [2.05, 4.69) is 5.32 Å². The van der Waals surface area contributed by atoms with Crippen molar-refractivity contribution in [3.8, 4) is 11.5 Å². The van der Waals surface area contributed by atoms with Crippen LogP contribution >= 0.6 is 11.6 Å². The minimum atomic E-state index is -0.664. The lowest BCUT2D eigenvalue weighted by molar-refractivity contribution is -0.125. The van der Waals surface area contributed by atoms with Gasteiger partial charge in [-0.15, -0.1) is 0 Å². The standard InChI is InChI=1S/C17H24ClNO5/c1-6-17(3,4)19-14(20)10-24-16(21)11-8-12(18)15(23-7-2)13(9-11)22-5/h8-9H,6-7,10H2,1-5H3,(H,19,20). The van der Waals surface area contributed by atoms with Crippen LogP contribution in [0.5, 0.6) is 11.5 Å². The fourth-order valence-electron chi connectivity index (χ4n) is 1.84. The molecular weight excluding hydrogens is 334 g/mol. The van der Waals surface area contributed by atoms with Gasteiger partial charge >= 0.3 is 5.97 Å². The zero-order valence-corrected chi connectivity index (χ0v) is 15.5. The second-order valence-electron chi connectivity index (χ2n) is 5.78. The van der Waals surface area contributed by atoms with Crippen molar-refractivity contribution >= 4 is 23.5 Å². The van der Waals surface area contributed by atoms with Crippen molar-refractivity contribution in [3.05, 3.63) is 22.7 Å². The molecule has 134 valence electrons. The summed E-state index contributed by atoms with van der Waals surface area (Å²) in [5, 5.41) is 3.02. The van der Waals surface area contributed by atoms with E-state index in [9.17, 15) is 9.59 Å². The van der Waals surface area contributed by atoms with Gasteiger partial charge in [0.15, 0.2) is 18.1 Å². The summed E-state index contributed by atoms with van der Waals surface area (Å²) >= 11 is 6.11. The predicted molar refractivity (Wildman–Crippen MR) is 92.0 cm³/mol. The summed E-state index contributed by atoms with van der Waals surface area (Å²) in [4.78, 5) is 23.9. The highest BCUT2D eigenvalue weighted by Crippen LogP contribution is 2.36. The van der Waals surface area contributed by atoms with Crippen LogP contribution in [-0.4, -0.2) is 37.7 Å². The van der Waals surface area contributed by atoms with Gasteiger partial charge in [0.05, 0.1) is 24.3 Å². The second kappa shape index (κ2) is 8.78. The number of amides is 1. The summed E-state index contributed by atoms with van der Waals surface area (Å²) in [6.07, 6.45) is 0.762. The lowest BCUT2D eigenvalue weighted by atomic mass is 10.0. The lowest BCUT2D eigenvalue weighted by Crippen LogP contribution is -2.44. The van der Waals surface area contributed by atoms with E-state index in [4.69, 9.17) is 25.8 Å². The van der Waals surface area contributed by atoms with Crippen LogP contribution in [0.3, 0.4) is 0 Å². The summed E-state index contributed by atoms with van der Waals surface area (Å²) in [5.41, 5.74) is -0.169. The number of carbonyl (C=O) groups excluding carboxylic acids is 2. The molecule has 0 unspecified atom stereocenters. The number of ether oxygens (including phenoxy) is 3. The maximum absolute atomic E-state index is 12.1. The number of benzene rings is 1. The highest BCUT2D eigenvalue weighted by atomic mass is 35.5. The quantitative estimate of drug-likeness (QED) is 0.723. The van der Waals surface area contributed by atoms with Crippen LogP contribution in [0.2, 0.25) is 5.02 Å².